The van der Waals surface area contributed by atoms with Crippen molar-refractivity contribution in [1.82, 2.24) is 19.4 Å². The molecule has 0 bridgehead atoms. The summed E-state index contributed by atoms with van der Waals surface area (Å²) in [6.07, 6.45) is 0.966. The lowest BCUT2D eigenvalue weighted by Gasteiger charge is -2.16. The molecule has 5 rings (SSSR count). The van der Waals surface area contributed by atoms with E-state index in [0.717, 1.165) is 11.3 Å². The third kappa shape index (κ3) is 3.57. The van der Waals surface area contributed by atoms with E-state index >= 15 is 0 Å². The molecule has 1 aliphatic rings. The Morgan fingerprint density at radius 2 is 1.85 bits per heavy atom. The van der Waals surface area contributed by atoms with Crippen molar-refractivity contribution in [3.63, 3.8) is 0 Å². The van der Waals surface area contributed by atoms with Gasteiger partial charge in [-0.05, 0) is 36.2 Å². The summed E-state index contributed by atoms with van der Waals surface area (Å²) >= 11 is 0. The number of para-hydroxylation sites is 1. The standard InChI is InChI=1S/C24H20N6O3/c25-12-19-20(15-6-8-18(9-7-15)33-17-4-2-1-3-5-17)21-22(26)27-14-28-23(21)30(19)16-10-11-29(13-16)24(31)32/h1-9,14,16H,10-11,13H2,(H,31,32)(H2,26,27,28)/t16-/m1/s1. The average molecular weight is 440 g/mol. The second kappa shape index (κ2) is 8.16. The highest BCUT2D eigenvalue weighted by Gasteiger charge is 2.32. The number of nitrogens with two attached hydrogens (primary N) is 1. The molecule has 0 radical (unpaired) electrons. The number of hydrogen-bond acceptors (Lipinski definition) is 6. The maximum atomic E-state index is 11.4. The van der Waals surface area contributed by atoms with E-state index in [0.29, 0.717) is 41.0 Å². The maximum absolute atomic E-state index is 11.4. The monoisotopic (exact) mass is 440 g/mol. The topological polar surface area (TPSA) is 130 Å². The van der Waals surface area contributed by atoms with Crippen molar-refractivity contribution in [2.24, 2.45) is 0 Å². The molecule has 9 nitrogen and oxygen atoms in total. The fourth-order valence-electron chi connectivity index (χ4n) is 4.34. The Labute approximate surface area is 189 Å². The predicted molar refractivity (Wildman–Crippen MR) is 122 cm³/mol. The molecular weight excluding hydrogens is 420 g/mol. The molecule has 2 aromatic carbocycles. The molecule has 3 N–H and O–H groups in total. The second-order valence-electron chi connectivity index (χ2n) is 7.77. The molecule has 0 aliphatic carbocycles. The number of likely N-dealkylation sites (tertiary alicyclic amines) is 1. The molecule has 3 heterocycles. The van der Waals surface area contributed by atoms with Gasteiger partial charge in [-0.3, -0.25) is 0 Å². The molecule has 4 aromatic rings. The third-order valence-electron chi connectivity index (χ3n) is 5.84. The summed E-state index contributed by atoms with van der Waals surface area (Å²) in [6.45, 7) is 0.674. The van der Waals surface area contributed by atoms with E-state index in [-0.39, 0.29) is 18.4 Å². The largest absolute Gasteiger partial charge is 0.465 e. The van der Waals surface area contributed by atoms with Crippen LogP contribution >= 0.6 is 0 Å². The van der Waals surface area contributed by atoms with Crippen LogP contribution in [0.4, 0.5) is 10.6 Å². The summed E-state index contributed by atoms with van der Waals surface area (Å²) < 4.78 is 7.68. The van der Waals surface area contributed by atoms with Crippen molar-refractivity contribution >= 4 is 22.9 Å². The Morgan fingerprint density at radius 1 is 1.12 bits per heavy atom. The molecule has 0 spiro atoms. The molecule has 1 amide bonds. The number of hydrogen-bond donors (Lipinski definition) is 2. The lowest BCUT2D eigenvalue weighted by molar-refractivity contribution is 0.154. The van der Waals surface area contributed by atoms with E-state index in [1.807, 2.05) is 54.6 Å². The van der Waals surface area contributed by atoms with Crippen LogP contribution in [-0.2, 0) is 0 Å². The van der Waals surface area contributed by atoms with Crippen molar-refractivity contribution in [2.45, 2.75) is 12.5 Å². The molecular formula is C24H20N6O3. The molecule has 1 atom stereocenters. The summed E-state index contributed by atoms with van der Waals surface area (Å²) in [7, 11) is 0. The molecule has 2 aromatic heterocycles. The number of carboxylic acid groups (broad SMARTS) is 1. The number of rotatable bonds is 4. The van der Waals surface area contributed by atoms with Crippen molar-refractivity contribution < 1.29 is 14.6 Å². The highest BCUT2D eigenvalue weighted by atomic mass is 16.5. The lowest BCUT2D eigenvalue weighted by atomic mass is 10.0. The first-order valence-electron chi connectivity index (χ1n) is 10.4. The van der Waals surface area contributed by atoms with Gasteiger partial charge in [0.2, 0.25) is 0 Å². The van der Waals surface area contributed by atoms with Crippen LogP contribution in [0.15, 0.2) is 60.9 Å². The summed E-state index contributed by atoms with van der Waals surface area (Å²) in [5.41, 5.74) is 8.54. The number of carbonyl (C=O) groups is 1. The van der Waals surface area contributed by atoms with Crippen molar-refractivity contribution in [2.75, 3.05) is 18.8 Å². The van der Waals surface area contributed by atoms with Crippen LogP contribution in [0.5, 0.6) is 11.5 Å². The van der Waals surface area contributed by atoms with E-state index in [1.165, 1.54) is 11.2 Å². The molecule has 1 aliphatic heterocycles. The van der Waals surface area contributed by atoms with Gasteiger partial charge in [0.1, 0.15) is 41.1 Å². The fraction of sp³-hybridized carbons (Fsp3) is 0.167. The Bertz CT molecular complexity index is 1380. The number of aromatic nitrogens is 3. The summed E-state index contributed by atoms with van der Waals surface area (Å²) in [5.74, 6) is 1.65. The zero-order valence-corrected chi connectivity index (χ0v) is 17.5. The molecule has 9 heteroatoms. The lowest BCUT2D eigenvalue weighted by Crippen LogP contribution is -2.27. The first-order chi connectivity index (χ1) is 16.1. The minimum Gasteiger partial charge on any atom is -0.465 e. The highest BCUT2D eigenvalue weighted by molar-refractivity contribution is 6.03. The Balaban J connectivity index is 1.60. The first-order valence-corrected chi connectivity index (χ1v) is 10.4. The van der Waals surface area contributed by atoms with Crippen LogP contribution in [0, 0.1) is 11.3 Å². The highest BCUT2D eigenvalue weighted by Crippen LogP contribution is 2.40. The van der Waals surface area contributed by atoms with Crippen LogP contribution in [0.1, 0.15) is 18.2 Å². The zero-order valence-electron chi connectivity index (χ0n) is 17.5. The van der Waals surface area contributed by atoms with E-state index < -0.39 is 6.09 Å². The van der Waals surface area contributed by atoms with E-state index in [9.17, 15) is 15.2 Å². The Kier molecular flexibility index (Phi) is 5.03. The number of nitriles is 1. The third-order valence-corrected chi connectivity index (χ3v) is 5.84. The van der Waals surface area contributed by atoms with Crippen LogP contribution in [0.3, 0.4) is 0 Å². The van der Waals surface area contributed by atoms with Gasteiger partial charge in [-0.15, -0.1) is 0 Å². The second-order valence-corrected chi connectivity index (χ2v) is 7.77. The van der Waals surface area contributed by atoms with E-state index in [2.05, 4.69) is 16.0 Å². The van der Waals surface area contributed by atoms with Gasteiger partial charge in [0.05, 0.1) is 11.4 Å². The Hall–Kier alpha value is -4.58. The van der Waals surface area contributed by atoms with Crippen molar-refractivity contribution in [3.8, 4) is 28.7 Å². The summed E-state index contributed by atoms with van der Waals surface area (Å²) in [6, 6.07) is 18.9. The number of fused-ring (bicyclic) bond motifs is 1. The van der Waals surface area contributed by atoms with E-state index in [4.69, 9.17) is 10.5 Å². The number of anilines is 1. The van der Waals surface area contributed by atoms with Crippen molar-refractivity contribution in [1.29, 1.82) is 5.26 Å². The number of nitrogens with zero attached hydrogens (tertiary/aromatic N) is 5. The summed E-state index contributed by atoms with van der Waals surface area (Å²) in [5, 5.41) is 20.1. The fourth-order valence-corrected chi connectivity index (χ4v) is 4.34. The van der Waals surface area contributed by atoms with Crippen LogP contribution < -0.4 is 10.5 Å². The number of nitrogen functional groups attached to an aromatic ring is 1. The molecule has 0 saturated carbocycles. The smallest absolute Gasteiger partial charge is 0.407 e. The van der Waals surface area contributed by atoms with Crippen LogP contribution in [-0.4, -0.2) is 43.7 Å². The van der Waals surface area contributed by atoms with Crippen LogP contribution in [0.2, 0.25) is 0 Å². The van der Waals surface area contributed by atoms with Gasteiger partial charge in [0.15, 0.2) is 0 Å². The predicted octanol–water partition coefficient (Wildman–Crippen LogP) is 4.27. The normalized spacial score (nSPS) is 15.5. The van der Waals surface area contributed by atoms with Gasteiger partial charge in [-0.2, -0.15) is 5.26 Å². The number of benzene rings is 2. The molecule has 0 unspecified atom stereocenters. The van der Waals surface area contributed by atoms with Gasteiger partial charge in [0.25, 0.3) is 0 Å². The van der Waals surface area contributed by atoms with Gasteiger partial charge in [-0.1, -0.05) is 30.3 Å². The minimum absolute atomic E-state index is 0.220. The van der Waals surface area contributed by atoms with Gasteiger partial charge in [-0.25, -0.2) is 14.8 Å². The van der Waals surface area contributed by atoms with E-state index in [1.54, 1.807) is 4.57 Å². The Morgan fingerprint density at radius 3 is 2.52 bits per heavy atom. The molecule has 164 valence electrons. The SMILES string of the molecule is N#Cc1c(-c2ccc(Oc3ccccc3)cc2)c2c(N)ncnc2n1[C@@H]1CCN(C(=O)O)C1. The summed E-state index contributed by atoms with van der Waals surface area (Å²) in [4.78, 5) is 21.3. The number of amides is 1. The zero-order chi connectivity index (χ0) is 22.9. The van der Waals surface area contributed by atoms with Crippen LogP contribution in [0.25, 0.3) is 22.2 Å². The molecule has 1 saturated heterocycles. The maximum Gasteiger partial charge on any atom is 0.407 e. The van der Waals surface area contributed by atoms with Gasteiger partial charge >= 0.3 is 6.09 Å². The number of ether oxygens (including phenoxy) is 1. The quantitative estimate of drug-likeness (QED) is 0.484. The minimum atomic E-state index is -0.976. The molecule has 33 heavy (non-hydrogen) atoms. The molecule has 1 fully saturated rings. The van der Waals surface area contributed by atoms with Gasteiger partial charge < -0.3 is 25.0 Å². The first kappa shape index (κ1) is 20.3. The van der Waals surface area contributed by atoms with Crippen molar-refractivity contribution in [3.05, 3.63) is 66.6 Å². The van der Waals surface area contributed by atoms with Gasteiger partial charge in [0, 0.05) is 18.7 Å². The average Bonchev–Trinajstić information content (AvgIpc) is 3.44.